The molecule has 1 saturated heterocycles. The van der Waals surface area contributed by atoms with Crippen molar-refractivity contribution in [2.45, 2.75) is 32.2 Å². The molecule has 1 N–H and O–H groups in total. The molecule has 0 bridgehead atoms. The summed E-state index contributed by atoms with van der Waals surface area (Å²) in [6.07, 6.45) is 3.49. The summed E-state index contributed by atoms with van der Waals surface area (Å²) in [6, 6.07) is 9.86. The Bertz CT molecular complexity index is 953. The van der Waals surface area contributed by atoms with Crippen molar-refractivity contribution in [1.29, 1.82) is 0 Å². The molecule has 28 heavy (non-hydrogen) atoms. The summed E-state index contributed by atoms with van der Waals surface area (Å²) in [5.41, 5.74) is 0.752. The van der Waals surface area contributed by atoms with Crippen molar-refractivity contribution in [3.8, 4) is 11.3 Å². The maximum Gasteiger partial charge on any atom is 0.326 e. The molecular weight excluding hydrogens is 418 g/mol. The summed E-state index contributed by atoms with van der Waals surface area (Å²) in [6.45, 7) is 1.97. The maximum atomic E-state index is 12.8. The van der Waals surface area contributed by atoms with E-state index in [0.29, 0.717) is 34.3 Å². The minimum absolute atomic E-state index is 0.248. The number of carboxylic acid groups (broad SMARTS) is 1. The van der Waals surface area contributed by atoms with Crippen LogP contribution in [0.2, 0.25) is 5.02 Å². The first-order valence-corrected chi connectivity index (χ1v) is 10.4. The van der Waals surface area contributed by atoms with Crippen molar-refractivity contribution >= 4 is 57.9 Å². The van der Waals surface area contributed by atoms with E-state index in [1.54, 1.807) is 24.3 Å². The number of carbonyl (C=O) groups excluding carboxylic acids is 1. The molecule has 0 spiro atoms. The van der Waals surface area contributed by atoms with Gasteiger partial charge in [-0.15, -0.1) is 0 Å². The van der Waals surface area contributed by atoms with Gasteiger partial charge in [0.15, 0.2) is 0 Å². The summed E-state index contributed by atoms with van der Waals surface area (Å²) in [4.78, 5) is 25.9. The van der Waals surface area contributed by atoms with Gasteiger partial charge in [0.2, 0.25) is 0 Å². The minimum Gasteiger partial charge on any atom is -0.480 e. The molecule has 0 aliphatic carbocycles. The van der Waals surface area contributed by atoms with Crippen molar-refractivity contribution in [2.24, 2.45) is 0 Å². The number of thiocarbonyl (C=S) groups is 1. The summed E-state index contributed by atoms with van der Waals surface area (Å²) < 4.78 is 6.05. The van der Waals surface area contributed by atoms with E-state index in [1.165, 1.54) is 4.90 Å². The van der Waals surface area contributed by atoms with Crippen LogP contribution in [-0.2, 0) is 9.59 Å². The standard InChI is InChI=1S/C20H18ClNO4S2/c1-2-3-8-15(19(24)25)22-18(23)17(28-20(22)27)11-12-9-10-16(26-12)13-6-4-5-7-14(13)21/h4-7,9-11,15H,2-3,8H2,1H3,(H,24,25). The van der Waals surface area contributed by atoms with Crippen LogP contribution in [0, 0.1) is 0 Å². The normalized spacial score (nSPS) is 16.8. The maximum absolute atomic E-state index is 12.8. The molecule has 1 unspecified atom stereocenters. The highest BCUT2D eigenvalue weighted by Crippen LogP contribution is 2.36. The van der Waals surface area contributed by atoms with E-state index in [4.69, 9.17) is 28.2 Å². The molecule has 3 rings (SSSR count). The first kappa shape index (κ1) is 20.6. The van der Waals surface area contributed by atoms with Crippen LogP contribution in [0.25, 0.3) is 17.4 Å². The van der Waals surface area contributed by atoms with Gasteiger partial charge in [-0.05, 0) is 30.7 Å². The highest BCUT2D eigenvalue weighted by atomic mass is 35.5. The molecule has 2 heterocycles. The van der Waals surface area contributed by atoms with Gasteiger partial charge in [0, 0.05) is 11.6 Å². The third kappa shape index (κ3) is 4.32. The highest BCUT2D eigenvalue weighted by Gasteiger charge is 2.40. The molecule has 0 saturated carbocycles. The second-order valence-corrected chi connectivity index (χ2v) is 8.31. The van der Waals surface area contributed by atoms with Gasteiger partial charge in [0.1, 0.15) is 21.9 Å². The number of nitrogens with zero attached hydrogens (tertiary/aromatic N) is 1. The van der Waals surface area contributed by atoms with Crippen LogP contribution in [0.4, 0.5) is 0 Å². The Kier molecular flexibility index (Phi) is 6.59. The molecule has 2 aromatic rings. The zero-order chi connectivity index (χ0) is 20.3. The quantitative estimate of drug-likeness (QED) is 0.461. The van der Waals surface area contributed by atoms with Crippen molar-refractivity contribution in [3.05, 3.63) is 52.1 Å². The van der Waals surface area contributed by atoms with Crippen molar-refractivity contribution in [3.63, 3.8) is 0 Å². The molecule has 8 heteroatoms. The number of rotatable bonds is 7. The number of carboxylic acids is 1. The lowest BCUT2D eigenvalue weighted by Crippen LogP contribution is -2.43. The zero-order valence-electron chi connectivity index (χ0n) is 15.1. The zero-order valence-corrected chi connectivity index (χ0v) is 17.4. The van der Waals surface area contributed by atoms with E-state index in [0.717, 1.165) is 23.7 Å². The average molecular weight is 436 g/mol. The molecule has 1 fully saturated rings. The number of carbonyl (C=O) groups is 2. The molecule has 146 valence electrons. The topological polar surface area (TPSA) is 70.8 Å². The van der Waals surface area contributed by atoms with Gasteiger partial charge in [-0.25, -0.2) is 4.79 Å². The lowest BCUT2D eigenvalue weighted by Gasteiger charge is -2.22. The second kappa shape index (κ2) is 8.94. The molecule has 1 aromatic heterocycles. The fraction of sp³-hybridized carbons (Fsp3) is 0.250. The SMILES string of the molecule is CCCCC(C(=O)O)N1C(=O)C(=Cc2ccc(-c3ccccc3Cl)o2)SC1=S. The van der Waals surface area contributed by atoms with Crippen LogP contribution in [0.5, 0.6) is 0 Å². The lowest BCUT2D eigenvalue weighted by atomic mass is 10.1. The van der Waals surface area contributed by atoms with Crippen LogP contribution < -0.4 is 0 Å². The van der Waals surface area contributed by atoms with Crippen LogP contribution >= 0.6 is 35.6 Å². The highest BCUT2D eigenvalue weighted by molar-refractivity contribution is 8.26. The third-order valence-electron chi connectivity index (χ3n) is 4.29. The number of benzene rings is 1. The first-order valence-electron chi connectivity index (χ1n) is 8.77. The molecule has 0 radical (unpaired) electrons. The van der Waals surface area contributed by atoms with Crippen LogP contribution in [0.3, 0.4) is 0 Å². The molecule has 1 amide bonds. The molecule has 5 nitrogen and oxygen atoms in total. The monoisotopic (exact) mass is 435 g/mol. The lowest BCUT2D eigenvalue weighted by molar-refractivity contribution is -0.145. The number of furan rings is 1. The smallest absolute Gasteiger partial charge is 0.326 e. The van der Waals surface area contributed by atoms with Crippen LogP contribution in [0.15, 0.2) is 45.7 Å². The Morgan fingerprint density at radius 1 is 1.36 bits per heavy atom. The van der Waals surface area contributed by atoms with Gasteiger partial charge in [-0.3, -0.25) is 9.69 Å². The Balaban J connectivity index is 1.84. The second-order valence-electron chi connectivity index (χ2n) is 6.23. The first-order chi connectivity index (χ1) is 13.4. The van der Waals surface area contributed by atoms with E-state index in [-0.39, 0.29) is 4.32 Å². The number of amides is 1. The molecule has 1 aliphatic rings. The molecule has 1 atom stereocenters. The van der Waals surface area contributed by atoms with Gasteiger partial charge in [-0.2, -0.15) is 0 Å². The van der Waals surface area contributed by atoms with Crippen LogP contribution in [0.1, 0.15) is 31.9 Å². The van der Waals surface area contributed by atoms with E-state index >= 15 is 0 Å². The molecule has 1 aliphatic heterocycles. The summed E-state index contributed by atoms with van der Waals surface area (Å²) in [5, 5.41) is 10.1. The Labute approximate surface area is 177 Å². The van der Waals surface area contributed by atoms with Crippen molar-refractivity contribution in [1.82, 2.24) is 4.90 Å². The van der Waals surface area contributed by atoms with E-state index < -0.39 is 17.9 Å². The number of hydrogen-bond donors (Lipinski definition) is 1. The fourth-order valence-corrected chi connectivity index (χ4v) is 4.44. The minimum atomic E-state index is -1.05. The van der Waals surface area contributed by atoms with Gasteiger partial charge in [0.25, 0.3) is 5.91 Å². The molecular formula is C20H18ClNO4S2. The third-order valence-corrected chi connectivity index (χ3v) is 5.95. The van der Waals surface area contributed by atoms with Crippen molar-refractivity contribution in [2.75, 3.05) is 0 Å². The summed E-state index contributed by atoms with van der Waals surface area (Å²) in [5.74, 6) is -0.409. The number of hydrogen-bond acceptors (Lipinski definition) is 5. The van der Waals surface area contributed by atoms with Gasteiger partial charge < -0.3 is 9.52 Å². The Morgan fingerprint density at radius 2 is 2.11 bits per heavy atom. The average Bonchev–Trinajstić information content (AvgIpc) is 3.22. The van der Waals surface area contributed by atoms with E-state index in [1.807, 2.05) is 25.1 Å². The predicted octanol–water partition coefficient (Wildman–Crippen LogP) is 5.44. The Morgan fingerprint density at radius 3 is 2.79 bits per heavy atom. The van der Waals surface area contributed by atoms with Gasteiger partial charge in [-0.1, -0.05) is 67.5 Å². The van der Waals surface area contributed by atoms with Crippen LogP contribution in [-0.4, -0.2) is 32.2 Å². The summed E-state index contributed by atoms with van der Waals surface area (Å²) in [7, 11) is 0. The fourth-order valence-electron chi connectivity index (χ4n) is 2.87. The van der Waals surface area contributed by atoms with E-state index in [9.17, 15) is 14.7 Å². The van der Waals surface area contributed by atoms with Gasteiger partial charge in [0.05, 0.1) is 9.93 Å². The van der Waals surface area contributed by atoms with Crippen molar-refractivity contribution < 1.29 is 19.1 Å². The predicted molar refractivity (Wildman–Crippen MR) is 115 cm³/mol. The number of thioether (sulfide) groups is 1. The molecule has 1 aromatic carbocycles. The summed E-state index contributed by atoms with van der Waals surface area (Å²) >= 11 is 12.5. The Hall–Kier alpha value is -2.09. The number of unbranched alkanes of at least 4 members (excludes halogenated alkanes) is 1. The van der Waals surface area contributed by atoms with Gasteiger partial charge >= 0.3 is 5.97 Å². The van der Waals surface area contributed by atoms with E-state index in [2.05, 4.69) is 0 Å². The number of halogens is 1. The largest absolute Gasteiger partial charge is 0.480 e. The number of aliphatic carboxylic acids is 1.